The van der Waals surface area contributed by atoms with E-state index in [0.717, 1.165) is 12.2 Å². The van der Waals surface area contributed by atoms with Crippen molar-refractivity contribution in [2.75, 3.05) is 25.6 Å². The maximum absolute atomic E-state index is 12.9. The first-order chi connectivity index (χ1) is 15.8. The largest absolute Gasteiger partial charge is 0.498 e. The van der Waals surface area contributed by atoms with Crippen molar-refractivity contribution in [3.05, 3.63) is 59.5 Å². The van der Waals surface area contributed by atoms with E-state index in [2.05, 4.69) is 10.3 Å². The molecule has 0 radical (unpaired) electrons. The summed E-state index contributed by atoms with van der Waals surface area (Å²) in [4.78, 5) is 27.8. The number of carboxylic acids is 1. The second-order valence-electron chi connectivity index (χ2n) is 7.71. The van der Waals surface area contributed by atoms with Gasteiger partial charge in [0.25, 0.3) is 5.91 Å². The number of carboxylic acid groups (broad SMARTS) is 1. The summed E-state index contributed by atoms with van der Waals surface area (Å²) >= 11 is 0. The van der Waals surface area contributed by atoms with Crippen LogP contribution in [0.4, 0.5) is 5.82 Å². The fourth-order valence-corrected chi connectivity index (χ4v) is 3.29. The molecule has 1 aliphatic rings. The van der Waals surface area contributed by atoms with Gasteiger partial charge in [-0.05, 0) is 44.2 Å². The Hall–Kier alpha value is -3.59. The molecule has 2 atom stereocenters. The Morgan fingerprint density at radius 3 is 2.42 bits per heavy atom. The number of hydrogen-bond acceptors (Lipinski definition) is 7. The minimum absolute atomic E-state index is 0.0292. The summed E-state index contributed by atoms with van der Waals surface area (Å²) in [6, 6.07) is 7.75. The van der Waals surface area contributed by atoms with Crippen LogP contribution in [0.5, 0.6) is 11.5 Å². The third-order valence-corrected chi connectivity index (χ3v) is 4.74. The smallest absolute Gasteiger partial charge is 0.337 e. The zero-order valence-corrected chi connectivity index (χ0v) is 18.9. The summed E-state index contributed by atoms with van der Waals surface area (Å²) in [5, 5.41) is 11.7. The number of carbonyl (C=O) groups excluding carboxylic acids is 1. The van der Waals surface area contributed by atoms with Crippen LogP contribution in [0.2, 0.25) is 0 Å². The van der Waals surface area contributed by atoms with Crippen LogP contribution in [-0.4, -0.2) is 54.5 Å². The van der Waals surface area contributed by atoms with E-state index >= 15 is 0 Å². The van der Waals surface area contributed by atoms with Gasteiger partial charge in [0.2, 0.25) is 0 Å². The molecule has 3 rings (SSSR count). The highest BCUT2D eigenvalue weighted by molar-refractivity contribution is 6.04. The maximum Gasteiger partial charge on any atom is 0.337 e. The molecule has 33 heavy (non-hydrogen) atoms. The van der Waals surface area contributed by atoms with E-state index < -0.39 is 11.9 Å². The number of anilines is 1. The Kier molecular flexibility index (Phi) is 8.26. The van der Waals surface area contributed by atoms with E-state index in [-0.39, 0.29) is 23.6 Å². The van der Waals surface area contributed by atoms with Crippen molar-refractivity contribution < 1.29 is 33.6 Å². The lowest BCUT2D eigenvalue weighted by atomic mass is 10.1. The Morgan fingerprint density at radius 2 is 1.85 bits per heavy atom. The molecule has 0 bridgehead atoms. The SMILES string of the molecule is COC[C@H](C)Oc1cc(O[C@@H](C)CC2=CCCO2)cc(C(=O)Nc2ccc(C(=O)O)cn2)c1. The molecule has 1 amide bonds. The lowest BCUT2D eigenvalue weighted by Crippen LogP contribution is -2.19. The van der Waals surface area contributed by atoms with Crippen LogP contribution in [0, 0.1) is 0 Å². The lowest BCUT2D eigenvalue weighted by molar-refractivity contribution is 0.0696. The van der Waals surface area contributed by atoms with Crippen LogP contribution in [0.1, 0.15) is 47.4 Å². The summed E-state index contributed by atoms with van der Waals surface area (Å²) in [7, 11) is 1.59. The van der Waals surface area contributed by atoms with Gasteiger partial charge >= 0.3 is 5.97 Å². The predicted octanol–water partition coefficient (Wildman–Crippen LogP) is 3.91. The Balaban J connectivity index is 1.77. The van der Waals surface area contributed by atoms with Gasteiger partial charge in [-0.1, -0.05) is 0 Å². The first kappa shape index (κ1) is 24.1. The number of methoxy groups -OCH3 is 1. The van der Waals surface area contributed by atoms with Gasteiger partial charge in [0.15, 0.2) is 0 Å². The number of nitrogens with zero attached hydrogens (tertiary/aromatic N) is 1. The zero-order valence-electron chi connectivity index (χ0n) is 18.9. The highest BCUT2D eigenvalue weighted by atomic mass is 16.5. The minimum Gasteiger partial charge on any atom is -0.498 e. The molecular weight excluding hydrogens is 428 g/mol. The van der Waals surface area contributed by atoms with Gasteiger partial charge in [-0.25, -0.2) is 9.78 Å². The van der Waals surface area contributed by atoms with Crippen molar-refractivity contribution in [2.24, 2.45) is 0 Å². The number of nitrogens with one attached hydrogen (secondary N) is 1. The standard InChI is InChI=1S/C24H28N2O7/c1-15(9-19-5-4-8-31-19)32-20-10-18(11-21(12-20)33-16(2)14-30-3)23(27)26-22-7-6-17(13-25-22)24(28)29/h5-7,10-13,15-16H,4,8-9,14H2,1-3H3,(H,28,29)(H,25,26,27)/t15-,16-/m0/s1. The van der Waals surface area contributed by atoms with Crippen molar-refractivity contribution in [1.29, 1.82) is 0 Å². The van der Waals surface area contributed by atoms with E-state index in [9.17, 15) is 9.59 Å². The van der Waals surface area contributed by atoms with Crippen LogP contribution < -0.4 is 14.8 Å². The number of amides is 1. The number of aromatic nitrogens is 1. The van der Waals surface area contributed by atoms with Crippen molar-refractivity contribution in [2.45, 2.75) is 38.9 Å². The molecule has 1 aliphatic heterocycles. The summed E-state index contributed by atoms with van der Waals surface area (Å²) in [6.07, 6.45) is 4.33. The molecule has 176 valence electrons. The summed E-state index contributed by atoms with van der Waals surface area (Å²) in [5.41, 5.74) is 0.335. The van der Waals surface area contributed by atoms with Crippen LogP contribution in [-0.2, 0) is 9.47 Å². The molecule has 0 fully saturated rings. The molecule has 0 saturated heterocycles. The van der Waals surface area contributed by atoms with Crippen LogP contribution in [0.3, 0.4) is 0 Å². The highest BCUT2D eigenvalue weighted by Gasteiger charge is 2.17. The molecule has 1 aromatic heterocycles. The van der Waals surface area contributed by atoms with Gasteiger partial charge < -0.3 is 29.4 Å². The molecule has 1 aromatic carbocycles. The second-order valence-corrected chi connectivity index (χ2v) is 7.71. The van der Waals surface area contributed by atoms with Crippen molar-refractivity contribution in [3.8, 4) is 11.5 Å². The topological polar surface area (TPSA) is 116 Å². The number of aromatic carboxylic acids is 1. The van der Waals surface area contributed by atoms with Crippen LogP contribution >= 0.6 is 0 Å². The molecule has 0 spiro atoms. The normalized spacial score (nSPS) is 14.6. The Bertz CT molecular complexity index is 1000. The summed E-state index contributed by atoms with van der Waals surface area (Å²) in [5.74, 6) is 0.532. The van der Waals surface area contributed by atoms with E-state index in [4.69, 9.17) is 24.1 Å². The van der Waals surface area contributed by atoms with Crippen molar-refractivity contribution in [1.82, 2.24) is 4.98 Å². The zero-order chi connectivity index (χ0) is 23.8. The number of benzene rings is 1. The van der Waals surface area contributed by atoms with E-state index in [0.29, 0.717) is 36.7 Å². The van der Waals surface area contributed by atoms with Gasteiger partial charge in [-0.3, -0.25) is 4.79 Å². The van der Waals surface area contributed by atoms with E-state index in [1.165, 1.54) is 18.3 Å². The second kappa shape index (κ2) is 11.3. The van der Waals surface area contributed by atoms with Crippen LogP contribution in [0.15, 0.2) is 48.4 Å². The van der Waals surface area contributed by atoms with E-state index in [1.54, 1.807) is 25.3 Å². The minimum atomic E-state index is -1.09. The molecule has 2 heterocycles. The number of pyridine rings is 1. The number of rotatable bonds is 11. The summed E-state index contributed by atoms with van der Waals surface area (Å²) in [6.45, 7) is 4.86. The first-order valence-electron chi connectivity index (χ1n) is 10.6. The first-order valence-corrected chi connectivity index (χ1v) is 10.6. The number of carbonyl (C=O) groups is 2. The monoisotopic (exact) mass is 456 g/mol. The van der Waals surface area contributed by atoms with Crippen molar-refractivity contribution in [3.63, 3.8) is 0 Å². The van der Waals surface area contributed by atoms with Gasteiger partial charge in [-0.2, -0.15) is 0 Å². The third-order valence-electron chi connectivity index (χ3n) is 4.74. The molecule has 2 aromatic rings. The Morgan fingerprint density at radius 1 is 1.12 bits per heavy atom. The van der Waals surface area contributed by atoms with Gasteiger partial charge in [0.05, 0.1) is 24.5 Å². The van der Waals surface area contributed by atoms with Crippen molar-refractivity contribution >= 4 is 17.7 Å². The molecule has 9 nitrogen and oxygen atoms in total. The number of ether oxygens (including phenoxy) is 4. The van der Waals surface area contributed by atoms with Gasteiger partial charge in [0.1, 0.15) is 29.5 Å². The van der Waals surface area contributed by atoms with Gasteiger partial charge in [-0.15, -0.1) is 0 Å². The molecule has 9 heteroatoms. The molecular formula is C24H28N2O7. The molecule has 0 saturated carbocycles. The lowest BCUT2D eigenvalue weighted by Gasteiger charge is -2.19. The van der Waals surface area contributed by atoms with Gasteiger partial charge in [0, 0.05) is 37.8 Å². The maximum atomic E-state index is 12.9. The summed E-state index contributed by atoms with van der Waals surface area (Å²) < 4.78 is 22.6. The van der Waals surface area contributed by atoms with E-state index in [1.807, 2.05) is 19.9 Å². The third kappa shape index (κ3) is 7.21. The number of hydrogen-bond donors (Lipinski definition) is 2. The van der Waals surface area contributed by atoms with Crippen LogP contribution in [0.25, 0.3) is 0 Å². The molecule has 2 N–H and O–H groups in total. The average molecular weight is 456 g/mol. The quantitative estimate of drug-likeness (QED) is 0.523. The fraction of sp³-hybridized carbons (Fsp3) is 0.375. The predicted molar refractivity (Wildman–Crippen MR) is 121 cm³/mol. The highest BCUT2D eigenvalue weighted by Crippen LogP contribution is 2.27. The molecule has 0 aliphatic carbocycles. The molecule has 0 unspecified atom stereocenters. The fourth-order valence-electron chi connectivity index (χ4n) is 3.29. The Labute approximate surface area is 192 Å². The average Bonchev–Trinajstić information content (AvgIpc) is 3.26.